The molecule has 0 aromatic carbocycles. The van der Waals surface area contributed by atoms with Gasteiger partial charge >= 0.3 is 0 Å². The first kappa shape index (κ1) is 16.9. The van der Waals surface area contributed by atoms with Gasteiger partial charge in [0.15, 0.2) is 0 Å². The van der Waals surface area contributed by atoms with Crippen molar-refractivity contribution < 1.29 is 4.79 Å². The molecule has 0 aliphatic carbocycles. The van der Waals surface area contributed by atoms with Gasteiger partial charge in [-0.05, 0) is 23.7 Å². The minimum Gasteiger partial charge on any atom is -0.356 e. The van der Waals surface area contributed by atoms with Gasteiger partial charge in [-0.2, -0.15) is 0 Å². The molecule has 0 saturated heterocycles. The number of nitrogens with one attached hydrogen (secondary N) is 1. The summed E-state index contributed by atoms with van der Waals surface area (Å²) in [5.74, 6) is 1.21. The third kappa shape index (κ3) is 7.80. The average molecular weight is 306 g/mol. The van der Waals surface area contributed by atoms with Crippen LogP contribution < -0.4 is 5.32 Å². The molecule has 0 aromatic rings. The summed E-state index contributed by atoms with van der Waals surface area (Å²) in [5, 5.41) is 4.08. The fourth-order valence-corrected chi connectivity index (χ4v) is 2.17. The second kappa shape index (κ2) is 8.12. The van der Waals surface area contributed by atoms with Crippen LogP contribution in [0.1, 0.15) is 53.9 Å². The fraction of sp³-hybridized carbons (Fsp3) is 0.929. The Morgan fingerprint density at radius 2 is 1.94 bits per heavy atom. The number of carbonyl (C=O) groups excluding carboxylic acids is 1. The smallest absolute Gasteiger partial charge is 0.220 e. The molecule has 2 unspecified atom stereocenters. The second-order valence-electron chi connectivity index (χ2n) is 6.03. The first-order valence-corrected chi connectivity index (χ1v) is 7.76. The highest BCUT2D eigenvalue weighted by Gasteiger charge is 2.22. The predicted octanol–water partition coefficient (Wildman–Crippen LogP) is 3.99. The summed E-state index contributed by atoms with van der Waals surface area (Å²) in [7, 11) is 0. The summed E-state index contributed by atoms with van der Waals surface area (Å²) in [6.07, 6.45) is 2.89. The zero-order valence-electron chi connectivity index (χ0n) is 12.0. The summed E-state index contributed by atoms with van der Waals surface area (Å²) < 4.78 is 0. The van der Waals surface area contributed by atoms with Gasteiger partial charge in [0, 0.05) is 18.3 Å². The molecule has 0 radical (unpaired) electrons. The normalized spacial score (nSPS) is 15.4. The highest BCUT2D eigenvalue weighted by atomic mass is 79.9. The molecule has 3 heteroatoms. The molecule has 0 aromatic heterocycles. The number of hydrogen-bond donors (Lipinski definition) is 1. The zero-order valence-corrected chi connectivity index (χ0v) is 13.6. The van der Waals surface area contributed by atoms with Crippen molar-refractivity contribution in [2.24, 2.45) is 17.3 Å². The molecule has 102 valence electrons. The molecule has 1 amide bonds. The second-order valence-corrected chi connectivity index (χ2v) is 6.82. The Balaban J connectivity index is 3.94. The van der Waals surface area contributed by atoms with Crippen LogP contribution in [-0.4, -0.2) is 17.8 Å². The lowest BCUT2D eigenvalue weighted by Gasteiger charge is -2.27. The number of halogens is 1. The molecule has 0 bridgehead atoms. The maximum Gasteiger partial charge on any atom is 0.220 e. The van der Waals surface area contributed by atoms with Crippen LogP contribution >= 0.6 is 15.9 Å². The molecule has 0 aliphatic heterocycles. The summed E-state index contributed by atoms with van der Waals surface area (Å²) in [6.45, 7) is 11.7. The predicted molar refractivity (Wildman–Crippen MR) is 78.4 cm³/mol. The van der Waals surface area contributed by atoms with E-state index in [9.17, 15) is 4.79 Å². The lowest BCUT2D eigenvalue weighted by molar-refractivity contribution is -0.122. The Morgan fingerprint density at radius 1 is 1.35 bits per heavy atom. The summed E-state index contributed by atoms with van der Waals surface area (Å²) in [4.78, 5) is 11.8. The minimum atomic E-state index is 0.195. The summed E-state index contributed by atoms with van der Waals surface area (Å²) in [5.41, 5.74) is 0.206. The van der Waals surface area contributed by atoms with Gasteiger partial charge in [-0.1, -0.05) is 57.0 Å². The van der Waals surface area contributed by atoms with E-state index in [-0.39, 0.29) is 11.3 Å². The van der Waals surface area contributed by atoms with Gasteiger partial charge in [-0.15, -0.1) is 0 Å². The van der Waals surface area contributed by atoms with E-state index in [1.54, 1.807) is 0 Å². The Kier molecular flexibility index (Phi) is 8.10. The maximum absolute atomic E-state index is 11.8. The Hall–Kier alpha value is -0.0500. The van der Waals surface area contributed by atoms with Crippen LogP contribution in [0, 0.1) is 17.3 Å². The van der Waals surface area contributed by atoms with E-state index in [0.717, 1.165) is 24.7 Å². The molecule has 0 saturated carbocycles. The molecule has 1 N–H and O–H groups in total. The van der Waals surface area contributed by atoms with Crippen LogP contribution in [0.15, 0.2) is 0 Å². The van der Waals surface area contributed by atoms with Gasteiger partial charge in [-0.3, -0.25) is 4.79 Å². The molecule has 0 heterocycles. The van der Waals surface area contributed by atoms with Crippen LogP contribution in [-0.2, 0) is 4.79 Å². The van der Waals surface area contributed by atoms with Crippen LogP contribution in [0.5, 0.6) is 0 Å². The van der Waals surface area contributed by atoms with E-state index in [1.165, 1.54) is 0 Å². The van der Waals surface area contributed by atoms with E-state index in [0.29, 0.717) is 18.3 Å². The molecule has 0 spiro atoms. The summed E-state index contributed by atoms with van der Waals surface area (Å²) in [6, 6.07) is 0. The number of amides is 1. The molecule has 0 aliphatic rings. The minimum absolute atomic E-state index is 0.195. The molecule has 0 rings (SSSR count). The molecule has 2 nitrogen and oxygen atoms in total. The van der Waals surface area contributed by atoms with Crippen molar-refractivity contribution in [3.05, 3.63) is 0 Å². The summed E-state index contributed by atoms with van der Waals surface area (Å²) >= 11 is 3.45. The maximum atomic E-state index is 11.8. The van der Waals surface area contributed by atoms with E-state index in [2.05, 4.69) is 55.9 Å². The lowest BCUT2D eigenvalue weighted by Crippen LogP contribution is -2.32. The van der Waals surface area contributed by atoms with E-state index in [1.807, 2.05) is 0 Å². The van der Waals surface area contributed by atoms with E-state index in [4.69, 9.17) is 0 Å². The van der Waals surface area contributed by atoms with Crippen molar-refractivity contribution in [3.8, 4) is 0 Å². The van der Waals surface area contributed by atoms with Gasteiger partial charge in [0.1, 0.15) is 0 Å². The van der Waals surface area contributed by atoms with Crippen molar-refractivity contribution in [2.45, 2.75) is 53.9 Å². The monoisotopic (exact) mass is 305 g/mol. The first-order chi connectivity index (χ1) is 7.81. The average Bonchev–Trinajstić information content (AvgIpc) is 2.22. The van der Waals surface area contributed by atoms with Gasteiger partial charge in [-0.25, -0.2) is 0 Å². The van der Waals surface area contributed by atoms with Crippen molar-refractivity contribution >= 4 is 21.8 Å². The number of alkyl halides is 1. The molecular weight excluding hydrogens is 278 g/mol. The highest BCUT2D eigenvalue weighted by Crippen LogP contribution is 2.27. The highest BCUT2D eigenvalue weighted by molar-refractivity contribution is 9.09. The topological polar surface area (TPSA) is 29.1 Å². The Bertz CT molecular complexity index is 223. The standard InChI is InChI=1S/C14H28BrNO/c1-6-12(7-8-15)10-16-13(17)9-11(2)14(3,4)5/h11-12H,6-10H2,1-5H3,(H,16,17). The Labute approximate surface area is 115 Å². The number of hydrogen-bond acceptors (Lipinski definition) is 1. The van der Waals surface area contributed by atoms with E-state index >= 15 is 0 Å². The largest absolute Gasteiger partial charge is 0.356 e. The van der Waals surface area contributed by atoms with Crippen molar-refractivity contribution in [2.75, 3.05) is 11.9 Å². The van der Waals surface area contributed by atoms with Crippen molar-refractivity contribution in [1.29, 1.82) is 0 Å². The van der Waals surface area contributed by atoms with Crippen LogP contribution in [0.3, 0.4) is 0 Å². The van der Waals surface area contributed by atoms with Crippen molar-refractivity contribution in [1.82, 2.24) is 5.32 Å². The van der Waals surface area contributed by atoms with Gasteiger partial charge in [0.2, 0.25) is 5.91 Å². The first-order valence-electron chi connectivity index (χ1n) is 6.63. The van der Waals surface area contributed by atoms with Gasteiger partial charge in [0.25, 0.3) is 0 Å². The zero-order chi connectivity index (χ0) is 13.5. The van der Waals surface area contributed by atoms with Gasteiger partial charge in [0.05, 0.1) is 0 Å². The van der Waals surface area contributed by atoms with Crippen LogP contribution in [0.4, 0.5) is 0 Å². The fourth-order valence-electron chi connectivity index (χ4n) is 1.52. The molecule has 0 fully saturated rings. The Morgan fingerprint density at radius 3 is 2.35 bits per heavy atom. The molecule has 2 atom stereocenters. The third-order valence-electron chi connectivity index (χ3n) is 3.65. The lowest BCUT2D eigenvalue weighted by atomic mass is 9.80. The van der Waals surface area contributed by atoms with Gasteiger partial charge < -0.3 is 5.32 Å². The van der Waals surface area contributed by atoms with Crippen LogP contribution in [0.2, 0.25) is 0 Å². The van der Waals surface area contributed by atoms with Crippen molar-refractivity contribution in [3.63, 3.8) is 0 Å². The quantitative estimate of drug-likeness (QED) is 0.708. The van der Waals surface area contributed by atoms with Crippen LogP contribution in [0.25, 0.3) is 0 Å². The number of carbonyl (C=O) groups is 1. The third-order valence-corrected chi connectivity index (χ3v) is 4.11. The SMILES string of the molecule is CCC(CCBr)CNC(=O)CC(C)C(C)(C)C. The number of rotatable bonds is 7. The van der Waals surface area contributed by atoms with E-state index < -0.39 is 0 Å². The molecule has 17 heavy (non-hydrogen) atoms. The molecular formula is C14H28BrNO.